The van der Waals surface area contributed by atoms with Gasteiger partial charge in [0.1, 0.15) is 0 Å². The molecule has 0 aromatic carbocycles. The summed E-state index contributed by atoms with van der Waals surface area (Å²) >= 11 is 0. The van der Waals surface area contributed by atoms with Crippen molar-refractivity contribution in [2.24, 2.45) is 17.6 Å². The number of rotatable bonds is 55. The van der Waals surface area contributed by atoms with Crippen LogP contribution in [0.1, 0.15) is 265 Å². The Kier molecular flexibility index (Phi) is 52.7. The van der Waals surface area contributed by atoms with E-state index < -0.39 is 0 Å². The first-order valence-electron chi connectivity index (χ1n) is 28.5. The molecule has 0 radical (unpaired) electrons. The maximum absolute atomic E-state index is 12.8. The van der Waals surface area contributed by atoms with Gasteiger partial charge in [-0.05, 0) is 89.1 Å². The van der Waals surface area contributed by atoms with Gasteiger partial charge in [-0.1, -0.05) is 188 Å². The molecule has 0 aromatic rings. The van der Waals surface area contributed by atoms with Crippen LogP contribution in [0.15, 0.2) is 0 Å². The molecule has 0 aromatic heterocycles. The van der Waals surface area contributed by atoms with Gasteiger partial charge in [-0.15, -0.1) is 0 Å². The van der Waals surface area contributed by atoms with Crippen LogP contribution in [0.5, 0.6) is 0 Å². The minimum absolute atomic E-state index is 0.0151. The lowest BCUT2D eigenvalue weighted by Gasteiger charge is -2.19. The minimum Gasteiger partial charge on any atom is -0.465 e. The van der Waals surface area contributed by atoms with Crippen LogP contribution in [0.4, 0.5) is 0 Å². The quantitative estimate of drug-likeness (QED) is 0.0454. The van der Waals surface area contributed by atoms with Gasteiger partial charge in [0.25, 0.3) is 0 Å². The molecule has 0 aliphatic heterocycles. The van der Waals surface area contributed by atoms with Gasteiger partial charge in [-0.3, -0.25) is 9.59 Å². The zero-order valence-electron chi connectivity index (χ0n) is 43.9. The second-order valence-corrected chi connectivity index (χ2v) is 19.4. The molecule has 0 spiro atoms. The molecule has 9 nitrogen and oxygen atoms in total. The number of carbonyl (C=O) groups is 2. The summed E-state index contributed by atoms with van der Waals surface area (Å²) in [6, 6.07) is 0.423. The first-order chi connectivity index (χ1) is 32.0. The molecule has 0 rings (SSSR count). The van der Waals surface area contributed by atoms with E-state index in [1.54, 1.807) is 0 Å². The zero-order chi connectivity index (χ0) is 47.4. The first kappa shape index (κ1) is 63.7. The summed E-state index contributed by atoms with van der Waals surface area (Å²) in [6.07, 6.45) is 43.2. The van der Waals surface area contributed by atoms with Crippen molar-refractivity contribution in [3.05, 3.63) is 0 Å². The fraction of sp³-hybridized carbons (Fsp3) is 0.964. The summed E-state index contributed by atoms with van der Waals surface area (Å²) in [4.78, 5) is 25.6. The highest BCUT2D eigenvalue weighted by atomic mass is 16.5. The van der Waals surface area contributed by atoms with Gasteiger partial charge in [0.15, 0.2) is 0 Å². The third kappa shape index (κ3) is 49.0. The fourth-order valence-corrected chi connectivity index (χ4v) is 8.74. The molecule has 3 atom stereocenters. The average molecular weight is 926 g/mol. The maximum Gasteiger partial charge on any atom is 0.305 e. The molecule has 0 fully saturated rings. The highest BCUT2D eigenvalue weighted by Gasteiger charge is 2.15. The molecule has 0 amide bonds. The highest BCUT2D eigenvalue weighted by Crippen LogP contribution is 2.22. The van der Waals surface area contributed by atoms with E-state index in [9.17, 15) is 9.59 Å². The molecule has 0 aliphatic rings. The predicted octanol–water partition coefficient (Wildman–Crippen LogP) is 14.8. The van der Waals surface area contributed by atoms with Gasteiger partial charge in [0.2, 0.25) is 0 Å². The maximum atomic E-state index is 12.8. The molecule has 3 unspecified atom stereocenters. The lowest BCUT2D eigenvalue weighted by molar-refractivity contribution is -0.146. The van der Waals surface area contributed by atoms with Crippen LogP contribution in [-0.4, -0.2) is 83.9 Å². The van der Waals surface area contributed by atoms with Crippen molar-refractivity contribution in [3.8, 4) is 0 Å². The van der Waals surface area contributed by atoms with E-state index in [1.807, 2.05) is 0 Å². The minimum atomic E-state index is -0.0170. The number of esters is 2. The Bertz CT molecular complexity index is 956. The molecule has 0 saturated carbocycles. The van der Waals surface area contributed by atoms with Gasteiger partial charge in [-0.2, -0.15) is 0 Å². The Morgan fingerprint density at radius 3 is 1.11 bits per heavy atom. The topological polar surface area (TPSA) is 118 Å². The summed E-state index contributed by atoms with van der Waals surface area (Å²) in [5, 5.41) is 3.81. The third-order valence-electron chi connectivity index (χ3n) is 13.1. The average Bonchev–Trinajstić information content (AvgIpc) is 3.31. The molecule has 3 N–H and O–H groups in total. The number of nitrogens with one attached hydrogen (secondary N) is 1. The van der Waals surface area contributed by atoms with Crippen LogP contribution in [0.2, 0.25) is 0 Å². The number of hydrogen-bond acceptors (Lipinski definition) is 9. The molecule has 65 heavy (non-hydrogen) atoms. The first-order valence-corrected chi connectivity index (χ1v) is 28.5. The van der Waals surface area contributed by atoms with E-state index in [1.165, 1.54) is 161 Å². The van der Waals surface area contributed by atoms with Crippen molar-refractivity contribution in [1.29, 1.82) is 0 Å². The standard InChI is InChI=1S/C56H112N2O7/c1-5-9-13-17-20-26-36-52(34-24-16-12-8-4)50-64-55(59)40-30-22-28-38-54(58-43-33-45-62-47-49-63-48-46-61-44-32-42-57)39-29-23-31-41-56(60)65-51-53(35-25-19-15-11-7-3)37-27-21-18-14-10-6-2/h52-54,58H,5-51,57H2,1-4H3. The summed E-state index contributed by atoms with van der Waals surface area (Å²) in [5.41, 5.74) is 5.50. The smallest absolute Gasteiger partial charge is 0.305 e. The Morgan fingerprint density at radius 2 is 0.708 bits per heavy atom. The number of nitrogens with two attached hydrogens (primary N) is 1. The molecule has 0 bridgehead atoms. The number of hydrogen-bond donors (Lipinski definition) is 2. The Morgan fingerprint density at radius 1 is 0.385 bits per heavy atom. The Labute approximate surface area is 404 Å². The summed E-state index contributed by atoms with van der Waals surface area (Å²) in [6.45, 7) is 15.6. The number of ether oxygens (including phenoxy) is 5. The van der Waals surface area contributed by atoms with E-state index in [2.05, 4.69) is 33.0 Å². The van der Waals surface area contributed by atoms with E-state index in [-0.39, 0.29) is 11.9 Å². The van der Waals surface area contributed by atoms with Crippen molar-refractivity contribution >= 4 is 11.9 Å². The lowest BCUT2D eigenvalue weighted by atomic mass is 9.95. The van der Waals surface area contributed by atoms with Crippen molar-refractivity contribution in [1.82, 2.24) is 5.32 Å². The largest absolute Gasteiger partial charge is 0.465 e. The molecule has 9 heteroatoms. The van der Waals surface area contributed by atoms with Crippen LogP contribution in [0.25, 0.3) is 0 Å². The molecule has 388 valence electrons. The van der Waals surface area contributed by atoms with E-state index in [0.29, 0.717) is 90.1 Å². The second-order valence-electron chi connectivity index (χ2n) is 19.4. The fourth-order valence-electron chi connectivity index (χ4n) is 8.74. The molecular weight excluding hydrogens is 813 g/mol. The van der Waals surface area contributed by atoms with Gasteiger partial charge in [0.05, 0.1) is 39.6 Å². The van der Waals surface area contributed by atoms with E-state index in [0.717, 1.165) is 70.8 Å². The van der Waals surface area contributed by atoms with Gasteiger partial charge >= 0.3 is 11.9 Å². The Hall–Kier alpha value is -1.26. The van der Waals surface area contributed by atoms with Crippen LogP contribution in [0.3, 0.4) is 0 Å². The van der Waals surface area contributed by atoms with Crippen LogP contribution in [-0.2, 0) is 33.3 Å². The zero-order valence-corrected chi connectivity index (χ0v) is 43.9. The molecule has 0 saturated heterocycles. The Balaban J connectivity index is 4.75. The predicted molar refractivity (Wildman–Crippen MR) is 276 cm³/mol. The van der Waals surface area contributed by atoms with Crippen LogP contribution in [0, 0.1) is 11.8 Å². The molecule has 0 heterocycles. The lowest BCUT2D eigenvalue weighted by Crippen LogP contribution is -2.30. The van der Waals surface area contributed by atoms with Crippen LogP contribution >= 0.6 is 0 Å². The van der Waals surface area contributed by atoms with Crippen molar-refractivity contribution in [3.63, 3.8) is 0 Å². The number of unbranched alkanes of at least 4 members (excludes halogenated alkanes) is 21. The third-order valence-corrected chi connectivity index (χ3v) is 13.1. The monoisotopic (exact) mass is 925 g/mol. The second kappa shape index (κ2) is 53.7. The summed E-state index contributed by atoms with van der Waals surface area (Å²) in [5.74, 6) is 0.990. The van der Waals surface area contributed by atoms with Gasteiger partial charge in [-0.25, -0.2) is 0 Å². The summed E-state index contributed by atoms with van der Waals surface area (Å²) in [7, 11) is 0. The SMILES string of the molecule is CCCCCCCCC(CCCCCC)COC(=O)CCCCCC(CCCCCC(=O)OCC(CCCCCCC)CCCCCCCC)NCCCOCCOCCOCCCN. The highest BCUT2D eigenvalue weighted by molar-refractivity contribution is 5.69. The van der Waals surface area contributed by atoms with Crippen molar-refractivity contribution in [2.75, 3.05) is 65.9 Å². The van der Waals surface area contributed by atoms with Crippen LogP contribution < -0.4 is 11.1 Å². The van der Waals surface area contributed by atoms with E-state index in [4.69, 9.17) is 29.4 Å². The van der Waals surface area contributed by atoms with Crippen molar-refractivity contribution < 1.29 is 33.3 Å². The van der Waals surface area contributed by atoms with Crippen molar-refractivity contribution in [2.45, 2.75) is 271 Å². The van der Waals surface area contributed by atoms with E-state index >= 15 is 0 Å². The number of carbonyl (C=O) groups excluding carboxylic acids is 2. The van der Waals surface area contributed by atoms with Gasteiger partial charge < -0.3 is 34.7 Å². The summed E-state index contributed by atoms with van der Waals surface area (Å²) < 4.78 is 28.7. The molecule has 0 aliphatic carbocycles. The normalized spacial score (nSPS) is 13.0. The van der Waals surface area contributed by atoms with Gasteiger partial charge in [0, 0.05) is 32.1 Å². The molecular formula is C56H112N2O7.